The number of benzene rings is 1. The van der Waals surface area contributed by atoms with Crippen molar-refractivity contribution in [1.29, 1.82) is 0 Å². The Morgan fingerprint density at radius 3 is 3.00 bits per heavy atom. The molecule has 1 spiro atoms. The molecule has 0 unspecified atom stereocenters. The number of carbonyl (C=O) groups is 2. The fourth-order valence-corrected chi connectivity index (χ4v) is 3.81. The molecular formula is C15H11ClNO4-. The maximum absolute atomic E-state index is 12.7. The second-order valence-electron chi connectivity index (χ2n) is 5.62. The first-order chi connectivity index (χ1) is 10.0. The fourth-order valence-electron chi connectivity index (χ4n) is 3.63. The summed E-state index contributed by atoms with van der Waals surface area (Å²) in [7, 11) is 0. The standard InChI is InChI=1S/C15H12ClNO4/c16-8-2-1-3-9(6-8)17-7-15-5-4-10(21-15)11(14(19)20)12(15)13(17)18/h1-6,10-12H,7H2,(H,19,20)/p-1/t10-,11+,12-,15-/m0/s1. The first kappa shape index (κ1) is 12.9. The zero-order valence-corrected chi connectivity index (χ0v) is 11.6. The van der Waals surface area contributed by atoms with Crippen molar-refractivity contribution in [2.75, 3.05) is 11.4 Å². The molecule has 0 radical (unpaired) electrons. The summed E-state index contributed by atoms with van der Waals surface area (Å²) < 4.78 is 5.78. The molecule has 2 fully saturated rings. The largest absolute Gasteiger partial charge is 0.550 e. The minimum Gasteiger partial charge on any atom is -0.550 e. The Kier molecular flexibility index (Phi) is 2.50. The summed E-state index contributed by atoms with van der Waals surface area (Å²) in [5, 5.41) is 11.9. The third-order valence-corrected chi connectivity index (χ3v) is 4.73. The van der Waals surface area contributed by atoms with Crippen molar-refractivity contribution in [1.82, 2.24) is 0 Å². The Bertz CT molecular complexity index is 688. The first-order valence-corrected chi connectivity index (χ1v) is 7.05. The number of amides is 1. The summed E-state index contributed by atoms with van der Waals surface area (Å²) in [6.45, 7) is 0.299. The average molecular weight is 305 g/mol. The molecule has 2 saturated heterocycles. The van der Waals surface area contributed by atoms with Crippen LogP contribution in [-0.2, 0) is 14.3 Å². The molecule has 4 atom stereocenters. The van der Waals surface area contributed by atoms with Gasteiger partial charge in [0.15, 0.2) is 0 Å². The van der Waals surface area contributed by atoms with Gasteiger partial charge in [-0.1, -0.05) is 29.8 Å². The predicted octanol–water partition coefficient (Wildman–Crippen LogP) is 0.376. The van der Waals surface area contributed by atoms with Crippen LogP contribution in [0.3, 0.4) is 0 Å². The van der Waals surface area contributed by atoms with Crippen molar-refractivity contribution in [3.8, 4) is 0 Å². The molecule has 1 aromatic carbocycles. The van der Waals surface area contributed by atoms with Crippen LogP contribution in [0, 0.1) is 11.8 Å². The molecule has 2 bridgehead atoms. The fraction of sp³-hybridized carbons (Fsp3) is 0.333. The number of anilines is 1. The highest BCUT2D eigenvalue weighted by atomic mass is 35.5. The molecule has 0 aliphatic carbocycles. The molecule has 0 aromatic heterocycles. The van der Waals surface area contributed by atoms with Gasteiger partial charge in [0.05, 0.1) is 18.6 Å². The van der Waals surface area contributed by atoms with Crippen molar-refractivity contribution < 1.29 is 19.4 Å². The molecule has 1 amide bonds. The van der Waals surface area contributed by atoms with Crippen molar-refractivity contribution in [3.63, 3.8) is 0 Å². The van der Waals surface area contributed by atoms with Crippen molar-refractivity contribution in [2.24, 2.45) is 11.8 Å². The second-order valence-corrected chi connectivity index (χ2v) is 6.06. The van der Waals surface area contributed by atoms with E-state index in [0.29, 0.717) is 17.3 Å². The molecule has 5 nitrogen and oxygen atoms in total. The number of ether oxygens (including phenoxy) is 1. The van der Waals surface area contributed by atoms with E-state index < -0.39 is 29.5 Å². The molecule has 0 N–H and O–H groups in total. The minimum absolute atomic E-state index is 0.252. The van der Waals surface area contributed by atoms with Crippen LogP contribution < -0.4 is 10.0 Å². The van der Waals surface area contributed by atoms with E-state index in [4.69, 9.17) is 16.3 Å². The highest BCUT2D eigenvalue weighted by Gasteiger charge is 2.65. The predicted molar refractivity (Wildman–Crippen MR) is 72.5 cm³/mol. The molecule has 3 aliphatic rings. The summed E-state index contributed by atoms with van der Waals surface area (Å²) >= 11 is 5.96. The van der Waals surface area contributed by atoms with E-state index in [-0.39, 0.29) is 5.91 Å². The van der Waals surface area contributed by atoms with E-state index in [1.54, 1.807) is 35.2 Å². The lowest BCUT2D eigenvalue weighted by Gasteiger charge is -2.24. The highest BCUT2D eigenvalue weighted by molar-refractivity contribution is 6.31. The molecule has 21 heavy (non-hydrogen) atoms. The van der Waals surface area contributed by atoms with E-state index in [1.165, 1.54) is 0 Å². The van der Waals surface area contributed by atoms with E-state index in [2.05, 4.69) is 0 Å². The molecular weight excluding hydrogens is 294 g/mol. The van der Waals surface area contributed by atoms with Crippen LogP contribution in [-0.4, -0.2) is 30.1 Å². The Labute approximate surface area is 125 Å². The topological polar surface area (TPSA) is 69.7 Å². The van der Waals surface area contributed by atoms with Gasteiger partial charge in [-0.15, -0.1) is 0 Å². The van der Waals surface area contributed by atoms with Crippen molar-refractivity contribution in [3.05, 3.63) is 41.4 Å². The van der Waals surface area contributed by atoms with Crippen LogP contribution in [0.2, 0.25) is 5.02 Å². The quantitative estimate of drug-likeness (QED) is 0.741. The van der Waals surface area contributed by atoms with Gasteiger partial charge < -0.3 is 19.5 Å². The minimum atomic E-state index is -1.24. The van der Waals surface area contributed by atoms with Gasteiger partial charge in [0.1, 0.15) is 5.60 Å². The average Bonchev–Trinajstić information content (AvgIpc) is 3.07. The van der Waals surface area contributed by atoms with E-state index in [9.17, 15) is 14.7 Å². The molecule has 3 heterocycles. The van der Waals surface area contributed by atoms with Gasteiger partial charge >= 0.3 is 0 Å². The lowest BCUT2D eigenvalue weighted by molar-refractivity contribution is -0.313. The maximum atomic E-state index is 12.7. The lowest BCUT2D eigenvalue weighted by Crippen LogP contribution is -2.45. The highest BCUT2D eigenvalue weighted by Crippen LogP contribution is 2.52. The van der Waals surface area contributed by atoms with Gasteiger partial charge in [-0.3, -0.25) is 4.79 Å². The zero-order valence-electron chi connectivity index (χ0n) is 10.9. The van der Waals surface area contributed by atoms with E-state index in [1.807, 2.05) is 6.08 Å². The van der Waals surface area contributed by atoms with Gasteiger partial charge in [0.25, 0.3) is 0 Å². The van der Waals surface area contributed by atoms with Crippen molar-refractivity contribution >= 4 is 29.2 Å². The number of rotatable bonds is 2. The number of nitrogens with zero attached hydrogens (tertiary/aromatic N) is 1. The number of carbonyl (C=O) groups excluding carboxylic acids is 2. The summed E-state index contributed by atoms with van der Waals surface area (Å²) in [5.41, 5.74) is -0.205. The van der Waals surface area contributed by atoms with Gasteiger partial charge in [0.2, 0.25) is 5.91 Å². The van der Waals surface area contributed by atoms with Gasteiger partial charge in [0, 0.05) is 22.6 Å². The number of hydrogen-bond donors (Lipinski definition) is 0. The normalized spacial score (nSPS) is 36.3. The van der Waals surface area contributed by atoms with Gasteiger partial charge in [-0.2, -0.15) is 0 Å². The van der Waals surface area contributed by atoms with Gasteiger partial charge in [-0.05, 0) is 18.2 Å². The summed E-state index contributed by atoms with van der Waals surface area (Å²) in [5.74, 6) is -3.14. The van der Waals surface area contributed by atoms with Crippen LogP contribution in [0.25, 0.3) is 0 Å². The Morgan fingerprint density at radius 1 is 1.48 bits per heavy atom. The SMILES string of the molecule is O=C([O-])[C@@H]1[C@@H]2C=C[C@@]3(CN(c4cccc(Cl)c4)C(=O)[C@H]13)O2. The molecule has 4 rings (SSSR count). The second kappa shape index (κ2) is 4.08. The summed E-state index contributed by atoms with van der Waals surface area (Å²) in [6, 6.07) is 6.92. The van der Waals surface area contributed by atoms with E-state index in [0.717, 1.165) is 0 Å². The molecule has 3 aliphatic heterocycles. The first-order valence-electron chi connectivity index (χ1n) is 6.67. The number of fused-ring (bicyclic) bond motifs is 1. The van der Waals surface area contributed by atoms with Crippen LogP contribution in [0.4, 0.5) is 5.69 Å². The Balaban J connectivity index is 1.75. The van der Waals surface area contributed by atoms with Crippen molar-refractivity contribution in [2.45, 2.75) is 11.7 Å². The summed E-state index contributed by atoms with van der Waals surface area (Å²) in [6.07, 6.45) is 2.96. The van der Waals surface area contributed by atoms with Crippen LogP contribution in [0.1, 0.15) is 0 Å². The third-order valence-electron chi connectivity index (χ3n) is 4.49. The molecule has 1 aromatic rings. The Hall–Kier alpha value is -1.85. The number of halogens is 1. The Morgan fingerprint density at radius 2 is 2.29 bits per heavy atom. The number of hydrogen-bond acceptors (Lipinski definition) is 4. The summed E-state index contributed by atoms with van der Waals surface area (Å²) in [4.78, 5) is 25.6. The molecule has 0 saturated carbocycles. The number of carboxylic acids is 1. The molecule has 6 heteroatoms. The zero-order chi connectivity index (χ0) is 14.8. The number of aliphatic carboxylic acids is 1. The van der Waals surface area contributed by atoms with Crippen LogP contribution in [0.15, 0.2) is 36.4 Å². The monoisotopic (exact) mass is 304 g/mol. The third kappa shape index (κ3) is 1.61. The van der Waals surface area contributed by atoms with Gasteiger partial charge in [-0.25, -0.2) is 0 Å². The van der Waals surface area contributed by atoms with E-state index >= 15 is 0 Å². The van der Waals surface area contributed by atoms with Crippen LogP contribution in [0.5, 0.6) is 0 Å². The maximum Gasteiger partial charge on any atom is 0.234 e. The molecule has 108 valence electrons. The smallest absolute Gasteiger partial charge is 0.234 e. The number of carboxylic acid groups (broad SMARTS) is 1. The lowest BCUT2D eigenvalue weighted by atomic mass is 9.77. The van der Waals surface area contributed by atoms with Crippen LogP contribution >= 0.6 is 11.6 Å².